The lowest BCUT2D eigenvalue weighted by Gasteiger charge is -2.26. The molecular formula is C16H22N4. The third-order valence-electron chi connectivity index (χ3n) is 4.73. The van der Waals surface area contributed by atoms with Gasteiger partial charge in [-0.2, -0.15) is 0 Å². The number of rotatable bonds is 5. The number of hydrogen-bond acceptors (Lipinski definition) is 3. The highest BCUT2D eigenvalue weighted by molar-refractivity contribution is 6.00. The number of nitrogens with two attached hydrogens (primary N) is 1. The largest absolute Gasteiger partial charge is 0.384 e. The molecule has 0 aromatic carbocycles. The van der Waals surface area contributed by atoms with E-state index in [-0.39, 0.29) is 5.84 Å². The first-order chi connectivity index (χ1) is 9.72. The lowest BCUT2D eigenvalue weighted by molar-refractivity contribution is 0.706. The molecule has 2 fully saturated rings. The van der Waals surface area contributed by atoms with Gasteiger partial charge in [0.05, 0.1) is 5.56 Å². The van der Waals surface area contributed by atoms with Gasteiger partial charge in [0, 0.05) is 18.3 Å². The van der Waals surface area contributed by atoms with Crippen LogP contribution < -0.4 is 10.6 Å². The fourth-order valence-electron chi connectivity index (χ4n) is 3.25. The number of amidine groups is 1. The molecule has 4 heteroatoms. The lowest BCUT2D eigenvalue weighted by atomic mass is 10.1. The predicted octanol–water partition coefficient (Wildman–Crippen LogP) is 2.23. The van der Waals surface area contributed by atoms with Gasteiger partial charge in [-0.15, -0.1) is 0 Å². The fraction of sp³-hybridized carbons (Fsp3) is 0.625. The molecule has 0 aliphatic heterocycles. The summed E-state index contributed by atoms with van der Waals surface area (Å²) in [6, 6.07) is 2.77. The Labute approximate surface area is 119 Å². The zero-order valence-electron chi connectivity index (χ0n) is 11.9. The van der Waals surface area contributed by atoms with Gasteiger partial charge in [0.15, 0.2) is 0 Å². The summed E-state index contributed by atoms with van der Waals surface area (Å²) in [7, 11) is 0. The van der Waals surface area contributed by atoms with Gasteiger partial charge in [0.2, 0.25) is 0 Å². The molecule has 0 amide bonds. The molecule has 1 heterocycles. The summed E-state index contributed by atoms with van der Waals surface area (Å²) in [6.07, 6.45) is 8.60. The van der Waals surface area contributed by atoms with Gasteiger partial charge in [-0.3, -0.25) is 5.41 Å². The van der Waals surface area contributed by atoms with E-state index >= 15 is 0 Å². The van der Waals surface area contributed by atoms with E-state index in [2.05, 4.69) is 11.0 Å². The molecule has 0 unspecified atom stereocenters. The van der Waals surface area contributed by atoms with E-state index in [0.717, 1.165) is 36.7 Å². The van der Waals surface area contributed by atoms with E-state index in [9.17, 15) is 0 Å². The highest BCUT2D eigenvalue weighted by Gasteiger charge is 2.36. The molecule has 20 heavy (non-hydrogen) atoms. The van der Waals surface area contributed by atoms with Crippen LogP contribution in [0.4, 0.5) is 5.82 Å². The van der Waals surface area contributed by atoms with Crippen LogP contribution in [0, 0.1) is 11.3 Å². The van der Waals surface area contributed by atoms with Crippen molar-refractivity contribution in [1.82, 2.24) is 4.98 Å². The second-order valence-corrected chi connectivity index (χ2v) is 6.56. The molecule has 4 nitrogen and oxygen atoms in total. The van der Waals surface area contributed by atoms with Gasteiger partial charge >= 0.3 is 0 Å². The zero-order chi connectivity index (χ0) is 13.7. The van der Waals surface area contributed by atoms with Crippen LogP contribution in [-0.4, -0.2) is 23.4 Å². The van der Waals surface area contributed by atoms with Crippen molar-refractivity contribution in [2.24, 2.45) is 11.7 Å². The number of hydrogen-bond donors (Lipinski definition) is 2. The van der Waals surface area contributed by atoms with Crippen LogP contribution in [0.1, 0.15) is 48.9 Å². The topological polar surface area (TPSA) is 66.0 Å². The first-order valence-corrected chi connectivity index (χ1v) is 7.86. The van der Waals surface area contributed by atoms with E-state index in [0.29, 0.717) is 6.04 Å². The zero-order valence-corrected chi connectivity index (χ0v) is 11.9. The molecule has 1 aromatic heterocycles. The van der Waals surface area contributed by atoms with Crippen LogP contribution in [0.2, 0.25) is 0 Å². The second kappa shape index (κ2) is 4.47. The molecule has 2 saturated carbocycles. The van der Waals surface area contributed by atoms with Gasteiger partial charge in [-0.05, 0) is 62.5 Å². The highest BCUT2D eigenvalue weighted by Crippen LogP contribution is 2.39. The Morgan fingerprint density at radius 2 is 2.10 bits per heavy atom. The first-order valence-electron chi connectivity index (χ1n) is 7.86. The third-order valence-corrected chi connectivity index (χ3v) is 4.73. The van der Waals surface area contributed by atoms with Crippen LogP contribution >= 0.6 is 0 Å². The molecule has 3 aliphatic rings. The molecular weight excluding hydrogens is 248 g/mol. The molecule has 3 N–H and O–H groups in total. The van der Waals surface area contributed by atoms with Crippen LogP contribution in [0.25, 0.3) is 0 Å². The summed E-state index contributed by atoms with van der Waals surface area (Å²) in [6.45, 7) is 1.11. The quantitative estimate of drug-likeness (QED) is 0.637. The summed E-state index contributed by atoms with van der Waals surface area (Å²) >= 11 is 0. The average Bonchev–Trinajstić information content (AvgIpc) is 3.32. The number of anilines is 1. The minimum Gasteiger partial charge on any atom is -0.384 e. The summed E-state index contributed by atoms with van der Waals surface area (Å²) in [5.41, 5.74) is 9.24. The second-order valence-electron chi connectivity index (χ2n) is 6.56. The molecule has 0 radical (unpaired) electrons. The SMILES string of the molecule is N=C(N)c1cc2c(nc1N(CC1CC1)C1CC1)CCC2. The number of aryl methyl sites for hydroxylation is 2. The van der Waals surface area contributed by atoms with Crippen LogP contribution in [0.5, 0.6) is 0 Å². The highest BCUT2D eigenvalue weighted by atomic mass is 15.2. The van der Waals surface area contributed by atoms with Crippen molar-refractivity contribution in [3.8, 4) is 0 Å². The van der Waals surface area contributed by atoms with E-state index in [1.54, 1.807) is 0 Å². The van der Waals surface area contributed by atoms with Gasteiger partial charge < -0.3 is 10.6 Å². The number of nitrogens with one attached hydrogen (secondary N) is 1. The van der Waals surface area contributed by atoms with Crippen LogP contribution in [0.3, 0.4) is 0 Å². The summed E-state index contributed by atoms with van der Waals surface area (Å²) in [5, 5.41) is 7.90. The number of fused-ring (bicyclic) bond motifs is 1. The van der Waals surface area contributed by atoms with Crippen molar-refractivity contribution in [3.05, 3.63) is 22.9 Å². The van der Waals surface area contributed by atoms with E-state index in [1.807, 2.05) is 0 Å². The maximum atomic E-state index is 7.90. The fourth-order valence-corrected chi connectivity index (χ4v) is 3.25. The number of aromatic nitrogens is 1. The Morgan fingerprint density at radius 1 is 1.30 bits per heavy atom. The molecule has 3 aliphatic carbocycles. The summed E-state index contributed by atoms with van der Waals surface area (Å²) in [4.78, 5) is 7.37. The standard InChI is InChI=1S/C16H22N4/c17-15(18)13-8-11-2-1-3-14(11)19-16(13)20(12-6-7-12)9-10-4-5-10/h8,10,12H,1-7,9H2,(H3,17,18). The van der Waals surface area contributed by atoms with Gasteiger partial charge in [0.1, 0.15) is 11.7 Å². The molecule has 106 valence electrons. The van der Waals surface area contributed by atoms with E-state index < -0.39 is 0 Å². The minimum absolute atomic E-state index is 0.170. The molecule has 1 aromatic rings. The van der Waals surface area contributed by atoms with Crippen molar-refractivity contribution >= 4 is 11.7 Å². The summed E-state index contributed by atoms with van der Waals surface area (Å²) < 4.78 is 0. The van der Waals surface area contributed by atoms with Crippen molar-refractivity contribution in [2.45, 2.75) is 51.0 Å². The molecule has 0 bridgehead atoms. The van der Waals surface area contributed by atoms with Crippen molar-refractivity contribution in [1.29, 1.82) is 5.41 Å². The Hall–Kier alpha value is -1.58. The lowest BCUT2D eigenvalue weighted by Crippen LogP contribution is -2.32. The smallest absolute Gasteiger partial charge is 0.140 e. The Bertz CT molecular complexity index is 558. The molecule has 0 saturated heterocycles. The average molecular weight is 270 g/mol. The Morgan fingerprint density at radius 3 is 2.75 bits per heavy atom. The minimum atomic E-state index is 0.170. The number of nitrogen functional groups attached to an aromatic ring is 1. The number of pyridine rings is 1. The third kappa shape index (κ3) is 2.17. The first kappa shape index (κ1) is 12.2. The van der Waals surface area contributed by atoms with Crippen LogP contribution in [-0.2, 0) is 12.8 Å². The normalized spacial score (nSPS) is 20.8. The Balaban J connectivity index is 1.75. The molecule has 0 spiro atoms. The maximum absolute atomic E-state index is 7.90. The van der Waals surface area contributed by atoms with E-state index in [1.165, 1.54) is 43.4 Å². The van der Waals surface area contributed by atoms with Gasteiger partial charge in [-0.1, -0.05) is 0 Å². The monoisotopic (exact) mass is 270 g/mol. The Kier molecular flexibility index (Phi) is 2.72. The molecule has 0 atom stereocenters. The van der Waals surface area contributed by atoms with Gasteiger partial charge in [-0.25, -0.2) is 4.98 Å². The van der Waals surface area contributed by atoms with Gasteiger partial charge in [0.25, 0.3) is 0 Å². The summed E-state index contributed by atoms with van der Waals surface area (Å²) in [5.74, 6) is 2.00. The van der Waals surface area contributed by atoms with Crippen molar-refractivity contribution in [2.75, 3.05) is 11.4 Å². The number of nitrogens with zero attached hydrogens (tertiary/aromatic N) is 2. The van der Waals surface area contributed by atoms with Crippen molar-refractivity contribution in [3.63, 3.8) is 0 Å². The maximum Gasteiger partial charge on any atom is 0.140 e. The molecule has 4 rings (SSSR count). The van der Waals surface area contributed by atoms with Crippen LogP contribution in [0.15, 0.2) is 6.07 Å². The predicted molar refractivity (Wildman–Crippen MR) is 80.4 cm³/mol. The van der Waals surface area contributed by atoms with Crippen molar-refractivity contribution < 1.29 is 0 Å². The van der Waals surface area contributed by atoms with E-state index in [4.69, 9.17) is 16.1 Å².